The minimum atomic E-state index is -0.489. The topological polar surface area (TPSA) is 82.6 Å². The Labute approximate surface area is 282 Å². The summed E-state index contributed by atoms with van der Waals surface area (Å²) in [5, 5.41) is 7.04. The Hall–Kier alpha value is -3.27. The second-order valence-electron chi connectivity index (χ2n) is 14.6. The molecule has 5 aliphatic rings. The first kappa shape index (κ1) is 32.3. The molecule has 8 rings (SSSR count). The number of fused-ring (bicyclic) bond motifs is 4. The zero-order chi connectivity index (χ0) is 32.5. The average molecular weight is 661 g/mol. The standard InChI is InChI=1S/C37H46ClFN6O2/c1-44-13-11-37(12-14-44)20-24(21-37)10-15-47-34-19-32-29(36(41-23-40-32)42-27-7-9-31(39)30(38)17-27)18-33(34)43-35(46)5-3-4-25-16-28-8-6-26(25)22-45(28)2/h3,5,7,9,17-19,23-26,28H,4,6,8,10-16,20-22H2,1-2H3,(H,43,46)(H,40,41,42). The van der Waals surface area contributed by atoms with Crippen LogP contribution < -0.4 is 15.4 Å². The lowest BCUT2D eigenvalue weighted by molar-refractivity contribution is -0.111. The zero-order valence-electron chi connectivity index (χ0n) is 27.5. The van der Waals surface area contributed by atoms with Gasteiger partial charge in [-0.05, 0) is 138 Å². The van der Waals surface area contributed by atoms with E-state index in [-0.39, 0.29) is 10.9 Å². The van der Waals surface area contributed by atoms with Gasteiger partial charge in [-0.1, -0.05) is 17.7 Å². The third-order valence-corrected chi connectivity index (χ3v) is 11.7. The Kier molecular flexibility index (Phi) is 9.40. The molecule has 4 heterocycles. The number of aromatic nitrogens is 2. The first-order valence-electron chi connectivity index (χ1n) is 17.2. The number of hydrogen-bond acceptors (Lipinski definition) is 7. The van der Waals surface area contributed by atoms with E-state index in [4.69, 9.17) is 16.3 Å². The number of ether oxygens (including phenoxy) is 1. The maximum Gasteiger partial charge on any atom is 0.248 e. The molecule has 47 heavy (non-hydrogen) atoms. The Morgan fingerprint density at radius 1 is 1.15 bits per heavy atom. The van der Waals surface area contributed by atoms with Crippen molar-refractivity contribution in [2.75, 3.05) is 51.0 Å². The first-order valence-corrected chi connectivity index (χ1v) is 17.6. The van der Waals surface area contributed by atoms with Crippen LogP contribution in [0.4, 0.5) is 21.6 Å². The summed E-state index contributed by atoms with van der Waals surface area (Å²) in [4.78, 5) is 27.2. The summed E-state index contributed by atoms with van der Waals surface area (Å²) < 4.78 is 20.2. The van der Waals surface area contributed by atoms with E-state index < -0.39 is 5.82 Å². The predicted molar refractivity (Wildman–Crippen MR) is 186 cm³/mol. The SMILES string of the molecule is CN1CCC2(CC1)CC(CCOc1cc3ncnc(Nc4ccc(F)c(Cl)c4)c3cc1NC(=O)C=CCC1CC3CCC1CN3C)C2. The number of benzene rings is 2. The minimum absolute atomic E-state index is 0.0186. The van der Waals surface area contributed by atoms with Crippen LogP contribution in [0.5, 0.6) is 5.75 Å². The number of halogens is 2. The minimum Gasteiger partial charge on any atom is -0.491 e. The van der Waals surface area contributed by atoms with E-state index in [9.17, 15) is 9.18 Å². The third kappa shape index (κ3) is 7.27. The fourth-order valence-electron chi connectivity index (χ4n) is 8.59. The number of amides is 1. The number of hydrogen-bond donors (Lipinski definition) is 2. The number of carbonyl (C=O) groups excluding carboxylic acids is 1. The van der Waals surface area contributed by atoms with Gasteiger partial charge in [-0.2, -0.15) is 0 Å². The summed E-state index contributed by atoms with van der Waals surface area (Å²) >= 11 is 6.03. The average Bonchev–Trinajstić information content (AvgIpc) is 3.04. The lowest BCUT2D eigenvalue weighted by Crippen LogP contribution is -2.49. The van der Waals surface area contributed by atoms with Gasteiger partial charge in [0, 0.05) is 29.7 Å². The van der Waals surface area contributed by atoms with Crippen molar-refractivity contribution in [3.05, 3.63) is 59.7 Å². The van der Waals surface area contributed by atoms with Gasteiger partial charge in [0.1, 0.15) is 23.7 Å². The van der Waals surface area contributed by atoms with Crippen LogP contribution in [-0.2, 0) is 4.79 Å². The Morgan fingerprint density at radius 3 is 2.72 bits per heavy atom. The highest BCUT2D eigenvalue weighted by atomic mass is 35.5. The van der Waals surface area contributed by atoms with E-state index in [0.29, 0.717) is 69.7 Å². The van der Waals surface area contributed by atoms with Gasteiger partial charge >= 0.3 is 0 Å². The second-order valence-corrected chi connectivity index (χ2v) is 15.0. The molecule has 2 saturated carbocycles. The van der Waals surface area contributed by atoms with Crippen molar-refractivity contribution >= 4 is 45.6 Å². The molecule has 3 aromatic rings. The molecular weight excluding hydrogens is 615 g/mol. The van der Waals surface area contributed by atoms with Crippen molar-refractivity contribution in [1.29, 1.82) is 0 Å². The van der Waals surface area contributed by atoms with Crippen LogP contribution in [-0.4, -0.2) is 72.1 Å². The molecule has 0 radical (unpaired) electrons. The summed E-state index contributed by atoms with van der Waals surface area (Å²) in [6, 6.07) is 8.83. The van der Waals surface area contributed by atoms with Crippen LogP contribution in [0.3, 0.4) is 0 Å². The highest BCUT2D eigenvalue weighted by Gasteiger charge is 2.44. The molecule has 3 atom stereocenters. The predicted octanol–water partition coefficient (Wildman–Crippen LogP) is 7.67. The summed E-state index contributed by atoms with van der Waals surface area (Å²) in [5.41, 5.74) is 2.37. The van der Waals surface area contributed by atoms with Crippen LogP contribution in [0, 0.1) is 29.0 Å². The summed E-state index contributed by atoms with van der Waals surface area (Å²) in [6.45, 7) is 4.14. The Bertz CT molecular complexity index is 1630. The van der Waals surface area contributed by atoms with Crippen molar-refractivity contribution in [2.45, 2.75) is 63.8 Å². The molecule has 1 spiro atoms. The highest BCUT2D eigenvalue weighted by molar-refractivity contribution is 6.31. The number of anilines is 3. The lowest BCUT2D eigenvalue weighted by Gasteiger charge is -2.52. The van der Waals surface area contributed by atoms with Crippen LogP contribution in [0.25, 0.3) is 10.9 Å². The van der Waals surface area contributed by atoms with Crippen molar-refractivity contribution < 1.29 is 13.9 Å². The van der Waals surface area contributed by atoms with Gasteiger partial charge in [-0.3, -0.25) is 4.79 Å². The summed E-state index contributed by atoms with van der Waals surface area (Å²) in [5.74, 6) is 2.46. The highest BCUT2D eigenvalue weighted by Crippen LogP contribution is 2.53. The fraction of sp³-hybridized carbons (Fsp3) is 0.541. The number of carbonyl (C=O) groups is 1. The lowest BCUT2D eigenvalue weighted by atomic mass is 9.57. The van der Waals surface area contributed by atoms with E-state index in [0.717, 1.165) is 19.4 Å². The van der Waals surface area contributed by atoms with Gasteiger partial charge in [0.15, 0.2) is 0 Å². The number of nitrogens with zero attached hydrogens (tertiary/aromatic N) is 4. The van der Waals surface area contributed by atoms with Crippen LogP contribution in [0.2, 0.25) is 5.02 Å². The molecule has 5 fully saturated rings. The van der Waals surface area contributed by atoms with Gasteiger partial charge in [0.2, 0.25) is 5.91 Å². The van der Waals surface area contributed by atoms with Gasteiger partial charge in [-0.15, -0.1) is 0 Å². The molecule has 10 heteroatoms. The zero-order valence-corrected chi connectivity index (χ0v) is 28.2. The number of rotatable bonds is 10. The largest absolute Gasteiger partial charge is 0.491 e. The molecule has 3 aliphatic heterocycles. The normalized spacial score (nSPS) is 24.6. The monoisotopic (exact) mass is 660 g/mol. The van der Waals surface area contributed by atoms with Crippen molar-refractivity contribution in [1.82, 2.24) is 19.8 Å². The van der Waals surface area contributed by atoms with E-state index in [1.54, 1.807) is 12.1 Å². The molecule has 1 amide bonds. The molecular formula is C37H46ClFN6O2. The van der Waals surface area contributed by atoms with Crippen molar-refractivity contribution in [2.24, 2.45) is 23.2 Å². The Morgan fingerprint density at radius 2 is 1.98 bits per heavy atom. The van der Waals surface area contributed by atoms with Crippen LogP contribution in [0.1, 0.15) is 57.8 Å². The van der Waals surface area contributed by atoms with Crippen molar-refractivity contribution in [3.8, 4) is 5.75 Å². The maximum absolute atomic E-state index is 13.8. The van der Waals surface area contributed by atoms with Gasteiger partial charge in [0.25, 0.3) is 0 Å². The molecule has 2 aromatic carbocycles. The van der Waals surface area contributed by atoms with E-state index in [2.05, 4.69) is 44.5 Å². The quantitative estimate of drug-likeness (QED) is 0.216. The van der Waals surface area contributed by atoms with Crippen LogP contribution >= 0.6 is 11.6 Å². The van der Waals surface area contributed by atoms with Crippen LogP contribution in [0.15, 0.2) is 48.8 Å². The van der Waals surface area contributed by atoms with E-state index >= 15 is 0 Å². The third-order valence-electron chi connectivity index (χ3n) is 11.4. The van der Waals surface area contributed by atoms with Gasteiger partial charge in [0.05, 0.1) is 22.8 Å². The van der Waals surface area contributed by atoms with Crippen molar-refractivity contribution in [3.63, 3.8) is 0 Å². The van der Waals surface area contributed by atoms with E-state index in [1.807, 2.05) is 18.2 Å². The Balaban J connectivity index is 1.06. The molecule has 8 nitrogen and oxygen atoms in total. The first-order chi connectivity index (χ1) is 22.7. The number of nitrogens with one attached hydrogen (secondary N) is 2. The molecule has 2 N–H and O–H groups in total. The smallest absolute Gasteiger partial charge is 0.248 e. The molecule has 2 aliphatic carbocycles. The molecule has 1 aromatic heterocycles. The van der Waals surface area contributed by atoms with E-state index in [1.165, 1.54) is 76.5 Å². The fourth-order valence-corrected chi connectivity index (χ4v) is 8.77. The number of allylic oxidation sites excluding steroid dienone is 1. The molecule has 3 unspecified atom stereocenters. The maximum atomic E-state index is 13.8. The van der Waals surface area contributed by atoms with Gasteiger partial charge < -0.3 is 25.2 Å². The summed E-state index contributed by atoms with van der Waals surface area (Å²) in [6.07, 6.45) is 16.0. The van der Waals surface area contributed by atoms with Gasteiger partial charge in [-0.25, -0.2) is 14.4 Å². The molecule has 250 valence electrons. The summed E-state index contributed by atoms with van der Waals surface area (Å²) in [7, 11) is 4.45. The second kappa shape index (κ2) is 13.7. The number of piperidine rings is 3. The number of likely N-dealkylation sites (tertiary alicyclic amines) is 1. The molecule has 3 saturated heterocycles. The molecule has 2 bridgehead atoms.